The standard InChI is InChI=1S/C17H19N3O3S/c1-12(24-14-6-4-3-5-7-14)11-19-16-9-8-13(20(22)23)10-15(16)17(21)18-2/h3-10,12,19H,11H2,1-2H3,(H,18,21). The van der Waals surface area contributed by atoms with Crippen LogP contribution in [0.2, 0.25) is 0 Å². The predicted octanol–water partition coefficient (Wildman–Crippen LogP) is 3.55. The lowest BCUT2D eigenvalue weighted by Gasteiger charge is -2.15. The maximum atomic E-state index is 12.0. The van der Waals surface area contributed by atoms with Crippen LogP contribution >= 0.6 is 11.8 Å². The molecule has 0 fully saturated rings. The highest BCUT2D eigenvalue weighted by molar-refractivity contribution is 8.00. The molecule has 0 saturated heterocycles. The van der Waals surface area contributed by atoms with Crippen LogP contribution in [-0.2, 0) is 0 Å². The first-order chi connectivity index (χ1) is 11.5. The zero-order valence-corrected chi connectivity index (χ0v) is 14.3. The number of nitro benzene ring substituents is 1. The van der Waals surface area contributed by atoms with Crippen molar-refractivity contribution in [2.24, 2.45) is 0 Å². The second-order valence-electron chi connectivity index (χ2n) is 5.19. The average Bonchev–Trinajstić information content (AvgIpc) is 2.60. The van der Waals surface area contributed by atoms with Gasteiger partial charge in [-0.2, -0.15) is 0 Å². The Hall–Kier alpha value is -2.54. The minimum Gasteiger partial charge on any atom is -0.383 e. The first-order valence-corrected chi connectivity index (χ1v) is 8.35. The van der Waals surface area contributed by atoms with E-state index in [0.717, 1.165) is 0 Å². The van der Waals surface area contributed by atoms with E-state index in [2.05, 4.69) is 17.6 Å². The summed E-state index contributed by atoms with van der Waals surface area (Å²) in [4.78, 5) is 23.5. The SMILES string of the molecule is CNC(=O)c1cc([N+](=O)[O-])ccc1NCC(C)Sc1ccccc1. The van der Waals surface area contributed by atoms with Crippen molar-refractivity contribution in [2.75, 3.05) is 18.9 Å². The van der Waals surface area contributed by atoms with Gasteiger partial charge in [-0.3, -0.25) is 14.9 Å². The molecule has 2 aromatic rings. The summed E-state index contributed by atoms with van der Waals surface area (Å²) in [7, 11) is 1.50. The zero-order chi connectivity index (χ0) is 17.5. The van der Waals surface area contributed by atoms with Crippen LogP contribution in [0.25, 0.3) is 0 Å². The van der Waals surface area contributed by atoms with Gasteiger partial charge in [0.05, 0.1) is 10.5 Å². The Balaban J connectivity index is 2.08. The van der Waals surface area contributed by atoms with E-state index in [9.17, 15) is 14.9 Å². The summed E-state index contributed by atoms with van der Waals surface area (Å²) < 4.78 is 0. The topological polar surface area (TPSA) is 84.3 Å². The Labute approximate surface area is 144 Å². The third-order valence-electron chi connectivity index (χ3n) is 3.35. The molecule has 2 N–H and O–H groups in total. The normalized spacial score (nSPS) is 11.6. The molecule has 0 bridgehead atoms. The maximum Gasteiger partial charge on any atom is 0.270 e. The Morgan fingerprint density at radius 1 is 1.25 bits per heavy atom. The van der Waals surface area contributed by atoms with Gasteiger partial charge in [-0.25, -0.2) is 0 Å². The van der Waals surface area contributed by atoms with Gasteiger partial charge in [-0.05, 0) is 18.2 Å². The Kier molecular flexibility index (Phi) is 6.20. The number of anilines is 1. The number of carbonyl (C=O) groups is 1. The summed E-state index contributed by atoms with van der Waals surface area (Å²) in [5, 5.41) is 16.9. The lowest BCUT2D eigenvalue weighted by Crippen LogP contribution is -2.21. The molecule has 7 heteroatoms. The van der Waals surface area contributed by atoms with Crippen molar-refractivity contribution in [3.05, 3.63) is 64.2 Å². The molecule has 1 unspecified atom stereocenters. The molecular formula is C17H19N3O3S. The summed E-state index contributed by atoms with van der Waals surface area (Å²) in [5.74, 6) is -0.357. The first kappa shape index (κ1) is 17.8. The van der Waals surface area contributed by atoms with E-state index in [-0.39, 0.29) is 22.4 Å². The predicted molar refractivity (Wildman–Crippen MR) is 96.7 cm³/mol. The molecule has 6 nitrogen and oxygen atoms in total. The number of thioether (sulfide) groups is 1. The van der Waals surface area contributed by atoms with Crippen LogP contribution in [0, 0.1) is 10.1 Å². The Morgan fingerprint density at radius 2 is 1.96 bits per heavy atom. The van der Waals surface area contributed by atoms with Crippen LogP contribution in [0.5, 0.6) is 0 Å². The van der Waals surface area contributed by atoms with Gasteiger partial charge < -0.3 is 10.6 Å². The van der Waals surface area contributed by atoms with E-state index >= 15 is 0 Å². The monoisotopic (exact) mass is 345 g/mol. The van der Waals surface area contributed by atoms with Crippen molar-refractivity contribution in [2.45, 2.75) is 17.1 Å². The van der Waals surface area contributed by atoms with Gasteiger partial charge in [0.25, 0.3) is 11.6 Å². The number of amides is 1. The number of rotatable bonds is 7. The molecule has 24 heavy (non-hydrogen) atoms. The minimum atomic E-state index is -0.510. The molecule has 0 aliphatic heterocycles. The molecule has 0 heterocycles. The highest BCUT2D eigenvalue weighted by atomic mass is 32.2. The highest BCUT2D eigenvalue weighted by Crippen LogP contribution is 2.25. The second kappa shape index (κ2) is 8.35. The summed E-state index contributed by atoms with van der Waals surface area (Å²) in [6.07, 6.45) is 0. The number of non-ortho nitro benzene ring substituents is 1. The average molecular weight is 345 g/mol. The summed E-state index contributed by atoms with van der Waals surface area (Å²) in [6.45, 7) is 2.71. The lowest BCUT2D eigenvalue weighted by molar-refractivity contribution is -0.384. The van der Waals surface area contributed by atoms with Crippen molar-refractivity contribution in [1.29, 1.82) is 0 Å². The number of hydrogen-bond donors (Lipinski definition) is 2. The van der Waals surface area contributed by atoms with Gasteiger partial charge in [-0.1, -0.05) is 25.1 Å². The van der Waals surface area contributed by atoms with E-state index in [0.29, 0.717) is 12.2 Å². The van der Waals surface area contributed by atoms with Gasteiger partial charge in [0.15, 0.2) is 0 Å². The molecule has 126 valence electrons. The van der Waals surface area contributed by atoms with E-state index in [1.807, 2.05) is 30.3 Å². The van der Waals surface area contributed by atoms with Crippen molar-refractivity contribution < 1.29 is 9.72 Å². The number of carbonyl (C=O) groups excluding carboxylic acids is 1. The highest BCUT2D eigenvalue weighted by Gasteiger charge is 2.16. The van der Waals surface area contributed by atoms with Gasteiger partial charge >= 0.3 is 0 Å². The maximum absolute atomic E-state index is 12.0. The molecule has 0 aromatic heterocycles. The van der Waals surface area contributed by atoms with Crippen molar-refractivity contribution >= 4 is 29.0 Å². The largest absolute Gasteiger partial charge is 0.383 e. The van der Waals surface area contributed by atoms with Crippen LogP contribution in [0.1, 0.15) is 17.3 Å². The van der Waals surface area contributed by atoms with Crippen LogP contribution in [-0.4, -0.2) is 29.7 Å². The minimum absolute atomic E-state index is 0.106. The number of nitrogens with one attached hydrogen (secondary N) is 2. The van der Waals surface area contributed by atoms with Crippen LogP contribution < -0.4 is 10.6 Å². The molecule has 1 amide bonds. The van der Waals surface area contributed by atoms with E-state index in [1.54, 1.807) is 17.8 Å². The van der Waals surface area contributed by atoms with Gasteiger partial charge in [0.2, 0.25) is 0 Å². The molecule has 0 spiro atoms. The molecule has 0 aliphatic rings. The number of hydrogen-bond acceptors (Lipinski definition) is 5. The summed E-state index contributed by atoms with van der Waals surface area (Å²) >= 11 is 1.72. The van der Waals surface area contributed by atoms with Crippen molar-refractivity contribution in [3.63, 3.8) is 0 Å². The Morgan fingerprint density at radius 3 is 2.58 bits per heavy atom. The van der Waals surface area contributed by atoms with Crippen LogP contribution in [0.15, 0.2) is 53.4 Å². The fourth-order valence-electron chi connectivity index (χ4n) is 2.15. The van der Waals surface area contributed by atoms with E-state index in [4.69, 9.17) is 0 Å². The zero-order valence-electron chi connectivity index (χ0n) is 13.5. The Bertz CT molecular complexity index is 722. The molecule has 0 aliphatic carbocycles. The smallest absolute Gasteiger partial charge is 0.270 e. The number of nitro groups is 1. The van der Waals surface area contributed by atoms with E-state index < -0.39 is 4.92 Å². The van der Waals surface area contributed by atoms with Gasteiger partial charge in [0.1, 0.15) is 0 Å². The third-order valence-corrected chi connectivity index (χ3v) is 4.46. The third kappa shape index (κ3) is 4.73. The second-order valence-corrected chi connectivity index (χ2v) is 6.70. The molecule has 0 radical (unpaired) electrons. The molecule has 2 aromatic carbocycles. The summed E-state index contributed by atoms with van der Waals surface area (Å²) in [6, 6.07) is 14.3. The van der Waals surface area contributed by atoms with E-state index in [1.165, 1.54) is 24.1 Å². The van der Waals surface area contributed by atoms with Gasteiger partial charge in [-0.15, -0.1) is 11.8 Å². The molecule has 0 saturated carbocycles. The fraction of sp³-hybridized carbons (Fsp3) is 0.235. The first-order valence-electron chi connectivity index (χ1n) is 7.47. The molecular weight excluding hydrogens is 326 g/mol. The fourth-order valence-corrected chi connectivity index (χ4v) is 3.09. The molecule has 1 atom stereocenters. The van der Waals surface area contributed by atoms with Crippen LogP contribution in [0.4, 0.5) is 11.4 Å². The lowest BCUT2D eigenvalue weighted by atomic mass is 10.1. The van der Waals surface area contributed by atoms with Crippen LogP contribution in [0.3, 0.4) is 0 Å². The molecule has 2 rings (SSSR count). The van der Waals surface area contributed by atoms with Crippen molar-refractivity contribution in [1.82, 2.24) is 5.32 Å². The number of nitrogens with zero attached hydrogens (tertiary/aromatic N) is 1. The number of benzene rings is 2. The van der Waals surface area contributed by atoms with Gasteiger partial charge in [0, 0.05) is 41.6 Å². The summed E-state index contributed by atoms with van der Waals surface area (Å²) in [5.41, 5.74) is 0.745. The van der Waals surface area contributed by atoms with Crippen molar-refractivity contribution in [3.8, 4) is 0 Å². The quantitative estimate of drug-likeness (QED) is 0.455.